The third-order valence-corrected chi connectivity index (χ3v) is 4.33. The van der Waals surface area contributed by atoms with Gasteiger partial charge in [-0.25, -0.2) is 0 Å². The van der Waals surface area contributed by atoms with Crippen molar-refractivity contribution in [1.82, 2.24) is 5.32 Å². The third kappa shape index (κ3) is 2.79. The molecule has 17 heavy (non-hydrogen) atoms. The van der Waals surface area contributed by atoms with E-state index in [0.29, 0.717) is 6.04 Å². The van der Waals surface area contributed by atoms with Crippen LogP contribution in [0.25, 0.3) is 15.7 Å². The Morgan fingerprint density at radius 2 is 2.29 bits per heavy atom. The molecule has 3 heteroatoms. The molecule has 0 saturated carbocycles. The lowest BCUT2D eigenvalue weighted by molar-refractivity contribution is 0.670. The summed E-state index contributed by atoms with van der Waals surface area (Å²) in [5.41, 5.74) is 2.41. The van der Waals surface area contributed by atoms with Crippen LogP contribution in [-0.4, -0.2) is 18.4 Å². The molecule has 1 N–H and O–H groups in total. The largest absolute Gasteiger partial charge is 0.313 e. The fraction of sp³-hybridized carbons (Fsp3) is 0.286. The van der Waals surface area contributed by atoms with Gasteiger partial charge in [-0.2, -0.15) is 0 Å². The van der Waals surface area contributed by atoms with E-state index in [1.165, 1.54) is 21.2 Å². The molecule has 0 radical (unpaired) electrons. The summed E-state index contributed by atoms with van der Waals surface area (Å²) in [6.07, 6.45) is 1.05. The number of fused-ring (bicyclic) bond motifs is 1. The molecule has 1 aromatic heterocycles. The van der Waals surface area contributed by atoms with E-state index in [2.05, 4.69) is 57.5 Å². The molecular weight excluding hydrogens is 294 g/mol. The molecule has 0 aliphatic carbocycles. The van der Waals surface area contributed by atoms with Crippen LogP contribution in [0.3, 0.4) is 0 Å². The Balaban J connectivity index is 2.28. The second kappa shape index (κ2) is 5.80. The highest BCUT2D eigenvalue weighted by atomic mass is 79.9. The van der Waals surface area contributed by atoms with Gasteiger partial charge in [0.15, 0.2) is 0 Å². The monoisotopic (exact) mass is 309 g/mol. The molecule has 1 nitrogen and oxygen atoms in total. The number of likely N-dealkylation sites (N-methyl/N-ethyl adjacent to an activating group) is 1. The van der Waals surface area contributed by atoms with Crippen LogP contribution in [0.5, 0.6) is 0 Å². The van der Waals surface area contributed by atoms with Gasteiger partial charge in [-0.1, -0.05) is 34.6 Å². The van der Waals surface area contributed by atoms with Crippen LogP contribution in [-0.2, 0) is 0 Å². The van der Waals surface area contributed by atoms with Crippen molar-refractivity contribution >= 4 is 42.9 Å². The minimum absolute atomic E-state index is 0.340. The van der Waals surface area contributed by atoms with E-state index >= 15 is 0 Å². The molecule has 2 rings (SSSR count). The Hall–Kier alpha value is -0.640. The Kier molecular flexibility index (Phi) is 4.37. The molecule has 1 aromatic carbocycles. The number of halogens is 1. The number of hydrogen-bond donors (Lipinski definition) is 1. The van der Waals surface area contributed by atoms with Crippen molar-refractivity contribution in [2.45, 2.75) is 12.5 Å². The summed E-state index contributed by atoms with van der Waals surface area (Å²) in [6, 6.07) is 9.07. The van der Waals surface area contributed by atoms with Gasteiger partial charge in [0.1, 0.15) is 0 Å². The second-order valence-corrected chi connectivity index (χ2v) is 5.76. The van der Waals surface area contributed by atoms with E-state index < -0.39 is 0 Å². The molecule has 0 aliphatic heterocycles. The summed E-state index contributed by atoms with van der Waals surface area (Å²) in [5.74, 6) is 0. The lowest BCUT2D eigenvalue weighted by atomic mass is 9.98. The highest BCUT2D eigenvalue weighted by Crippen LogP contribution is 2.26. The smallest absolute Gasteiger partial charge is 0.0348 e. The zero-order chi connectivity index (χ0) is 12.3. The summed E-state index contributed by atoms with van der Waals surface area (Å²) in [6.45, 7) is 4.23. The minimum atomic E-state index is 0.340. The van der Waals surface area contributed by atoms with Gasteiger partial charge < -0.3 is 5.32 Å². The van der Waals surface area contributed by atoms with Crippen LogP contribution in [0.1, 0.15) is 12.0 Å². The summed E-state index contributed by atoms with van der Waals surface area (Å²) < 4.78 is 1.33. The summed E-state index contributed by atoms with van der Waals surface area (Å²) >= 11 is 5.27. The normalized spacial score (nSPS) is 12.8. The molecule has 0 bridgehead atoms. The Labute approximate surface area is 115 Å². The van der Waals surface area contributed by atoms with Crippen LogP contribution >= 0.6 is 27.3 Å². The van der Waals surface area contributed by atoms with Crippen LogP contribution in [0.2, 0.25) is 0 Å². The average Bonchev–Trinajstić information content (AvgIpc) is 2.82. The van der Waals surface area contributed by atoms with E-state index in [1.807, 2.05) is 7.05 Å². The van der Waals surface area contributed by atoms with Gasteiger partial charge in [-0.05, 0) is 47.5 Å². The van der Waals surface area contributed by atoms with Crippen LogP contribution < -0.4 is 5.32 Å². The van der Waals surface area contributed by atoms with Gasteiger partial charge in [-0.3, -0.25) is 0 Å². The van der Waals surface area contributed by atoms with E-state index in [1.54, 1.807) is 11.3 Å². The quantitative estimate of drug-likeness (QED) is 0.813. The van der Waals surface area contributed by atoms with Gasteiger partial charge in [0, 0.05) is 16.1 Å². The van der Waals surface area contributed by atoms with E-state index in [0.717, 1.165) is 11.8 Å². The number of alkyl halides is 1. The van der Waals surface area contributed by atoms with Gasteiger partial charge >= 0.3 is 0 Å². The first-order valence-electron chi connectivity index (χ1n) is 5.66. The molecular formula is C14H16BrNS. The lowest BCUT2D eigenvalue weighted by Crippen LogP contribution is -2.26. The van der Waals surface area contributed by atoms with Crippen molar-refractivity contribution < 1.29 is 0 Å². The van der Waals surface area contributed by atoms with Crippen LogP contribution in [0, 0.1) is 0 Å². The molecule has 0 spiro atoms. The van der Waals surface area contributed by atoms with Crippen molar-refractivity contribution in [3.63, 3.8) is 0 Å². The molecule has 0 saturated heterocycles. The minimum Gasteiger partial charge on any atom is -0.313 e. The maximum Gasteiger partial charge on any atom is 0.0348 e. The molecule has 0 aliphatic rings. The first-order chi connectivity index (χ1) is 8.26. The first kappa shape index (κ1) is 12.8. The number of hydrogen-bond acceptors (Lipinski definition) is 2. The molecule has 1 unspecified atom stereocenters. The number of thiophene rings is 1. The van der Waals surface area contributed by atoms with Crippen molar-refractivity contribution in [3.05, 3.63) is 41.8 Å². The molecule has 0 amide bonds. The zero-order valence-electron chi connectivity index (χ0n) is 9.87. The average molecular weight is 310 g/mol. The SMILES string of the molecule is C=C(c1ccc2ccsc2c1)C(CCBr)NC. The predicted molar refractivity (Wildman–Crippen MR) is 82.1 cm³/mol. The highest BCUT2D eigenvalue weighted by molar-refractivity contribution is 9.09. The fourth-order valence-corrected chi connectivity index (χ4v) is 3.24. The zero-order valence-corrected chi connectivity index (χ0v) is 12.3. The van der Waals surface area contributed by atoms with Crippen molar-refractivity contribution in [1.29, 1.82) is 0 Å². The number of rotatable bonds is 5. The van der Waals surface area contributed by atoms with Gasteiger partial charge in [0.05, 0.1) is 0 Å². The Morgan fingerprint density at radius 1 is 1.47 bits per heavy atom. The van der Waals surface area contributed by atoms with Gasteiger partial charge in [0.2, 0.25) is 0 Å². The standard InChI is InChI=1S/C14H16BrNS/c1-10(13(16-2)5-7-15)12-4-3-11-6-8-17-14(11)9-12/h3-4,6,8-9,13,16H,1,5,7H2,2H3. The van der Waals surface area contributed by atoms with E-state index in [-0.39, 0.29) is 0 Å². The van der Waals surface area contributed by atoms with Crippen LogP contribution in [0.15, 0.2) is 36.2 Å². The highest BCUT2D eigenvalue weighted by Gasteiger charge is 2.11. The van der Waals surface area contributed by atoms with Gasteiger partial charge in [-0.15, -0.1) is 11.3 Å². The number of nitrogens with one attached hydrogen (secondary N) is 1. The molecule has 1 atom stereocenters. The van der Waals surface area contributed by atoms with Crippen molar-refractivity contribution in [2.75, 3.05) is 12.4 Å². The Bertz CT molecular complexity index is 518. The topological polar surface area (TPSA) is 12.0 Å². The summed E-state index contributed by atoms with van der Waals surface area (Å²) in [7, 11) is 1.99. The van der Waals surface area contributed by atoms with Gasteiger partial charge in [0.25, 0.3) is 0 Å². The maximum absolute atomic E-state index is 4.23. The Morgan fingerprint density at radius 3 is 3.00 bits per heavy atom. The molecule has 90 valence electrons. The first-order valence-corrected chi connectivity index (χ1v) is 7.66. The summed E-state index contributed by atoms with van der Waals surface area (Å²) in [4.78, 5) is 0. The number of benzene rings is 1. The predicted octanol–water partition coefficient (Wildman–Crippen LogP) is 4.29. The maximum atomic E-state index is 4.23. The van der Waals surface area contributed by atoms with E-state index in [4.69, 9.17) is 0 Å². The molecule has 2 aromatic rings. The molecule has 1 heterocycles. The summed E-state index contributed by atoms with van der Waals surface area (Å²) in [5, 5.41) is 7.75. The van der Waals surface area contributed by atoms with Crippen LogP contribution in [0.4, 0.5) is 0 Å². The van der Waals surface area contributed by atoms with E-state index in [9.17, 15) is 0 Å². The second-order valence-electron chi connectivity index (χ2n) is 4.02. The fourth-order valence-electron chi connectivity index (χ4n) is 1.96. The third-order valence-electron chi connectivity index (χ3n) is 2.99. The molecule has 0 fully saturated rings. The lowest BCUT2D eigenvalue weighted by Gasteiger charge is -2.18. The van der Waals surface area contributed by atoms with Crippen molar-refractivity contribution in [3.8, 4) is 0 Å². The van der Waals surface area contributed by atoms with Crippen molar-refractivity contribution in [2.24, 2.45) is 0 Å².